The lowest BCUT2D eigenvalue weighted by atomic mass is 9.86. The number of morpholine rings is 1. The molecule has 2 aliphatic rings. The van der Waals surface area contributed by atoms with E-state index in [4.69, 9.17) is 9.47 Å². The average Bonchev–Trinajstić information content (AvgIpc) is 3.47. The molecule has 0 radical (unpaired) electrons. The van der Waals surface area contributed by atoms with E-state index >= 15 is 0 Å². The number of H-pyrrole nitrogens is 1. The second-order valence-corrected chi connectivity index (χ2v) is 10.5. The summed E-state index contributed by atoms with van der Waals surface area (Å²) in [6.07, 6.45) is 5.86. The summed E-state index contributed by atoms with van der Waals surface area (Å²) in [6, 6.07) is 3.99. The van der Waals surface area contributed by atoms with Crippen LogP contribution in [0.1, 0.15) is 30.7 Å². The lowest BCUT2D eigenvalue weighted by molar-refractivity contribution is -0.140. The highest BCUT2D eigenvalue weighted by Gasteiger charge is 2.32. The van der Waals surface area contributed by atoms with Crippen LogP contribution in [0.15, 0.2) is 24.7 Å². The zero-order chi connectivity index (χ0) is 23.9. The maximum absolute atomic E-state index is 13.1. The van der Waals surface area contributed by atoms with Crippen molar-refractivity contribution in [3.05, 3.63) is 35.1 Å². The Kier molecular flexibility index (Phi) is 5.77. The topological polar surface area (TPSA) is 105 Å². The monoisotopic (exact) mass is 492 g/mol. The van der Waals surface area contributed by atoms with Gasteiger partial charge in [-0.05, 0) is 44.7 Å². The Hall–Kier alpha value is -3.24. The number of fused-ring (bicyclic) bond motifs is 4. The van der Waals surface area contributed by atoms with Gasteiger partial charge in [-0.1, -0.05) is 0 Å². The number of amides is 1. The summed E-state index contributed by atoms with van der Waals surface area (Å²) in [5.41, 5.74) is 3.02. The standard InChI is InChI=1S/C25H28N6O3S/c1-14(2)34-20-11-18-16(12-28-30-18)9-19(20)29-23-22-17-4-3-15(25(32)31-5-7-33-8-6-31)10-21(17)35-24(22)27-13-26-23/h9,11-15H,3-8,10H2,1-2H3,(H,28,30)(H,26,27,29)/t15-/m0/s1. The van der Waals surface area contributed by atoms with Crippen molar-refractivity contribution in [1.82, 2.24) is 25.1 Å². The van der Waals surface area contributed by atoms with Gasteiger partial charge in [0.05, 0.1) is 42.1 Å². The molecule has 1 saturated heterocycles. The third-order valence-electron chi connectivity index (χ3n) is 6.67. The van der Waals surface area contributed by atoms with Crippen molar-refractivity contribution < 1.29 is 14.3 Å². The Morgan fingerprint density at radius 3 is 2.97 bits per heavy atom. The Morgan fingerprint density at radius 1 is 1.29 bits per heavy atom. The van der Waals surface area contributed by atoms with Crippen molar-refractivity contribution in [2.75, 3.05) is 31.6 Å². The minimum atomic E-state index is 0.0209. The second-order valence-electron chi connectivity index (χ2n) is 9.38. The smallest absolute Gasteiger partial charge is 0.226 e. The van der Waals surface area contributed by atoms with E-state index in [-0.39, 0.29) is 17.9 Å². The number of aryl methyl sites for hydroxylation is 1. The molecule has 0 saturated carbocycles. The van der Waals surface area contributed by atoms with Gasteiger partial charge in [0.2, 0.25) is 5.91 Å². The number of carbonyl (C=O) groups excluding carboxylic acids is 1. The van der Waals surface area contributed by atoms with Crippen molar-refractivity contribution in [1.29, 1.82) is 0 Å². The summed E-state index contributed by atoms with van der Waals surface area (Å²) in [7, 11) is 0. The molecular formula is C25H28N6O3S. The average molecular weight is 493 g/mol. The zero-order valence-electron chi connectivity index (χ0n) is 19.8. The van der Waals surface area contributed by atoms with E-state index in [0.29, 0.717) is 26.3 Å². The molecule has 182 valence electrons. The van der Waals surface area contributed by atoms with Crippen LogP contribution >= 0.6 is 11.3 Å². The van der Waals surface area contributed by atoms with E-state index in [1.54, 1.807) is 23.9 Å². The predicted octanol–water partition coefficient (Wildman–Crippen LogP) is 4.06. The maximum atomic E-state index is 13.1. The number of ether oxygens (including phenoxy) is 2. The summed E-state index contributed by atoms with van der Waals surface area (Å²) in [6.45, 7) is 6.65. The highest BCUT2D eigenvalue weighted by molar-refractivity contribution is 7.19. The first-order valence-corrected chi connectivity index (χ1v) is 12.9. The number of hydrogen-bond acceptors (Lipinski definition) is 8. The normalized spacial score (nSPS) is 18.3. The molecule has 0 bridgehead atoms. The van der Waals surface area contributed by atoms with Crippen molar-refractivity contribution in [2.24, 2.45) is 5.92 Å². The fourth-order valence-corrected chi connectivity index (χ4v) is 6.27. The van der Waals surface area contributed by atoms with Crippen LogP contribution in [0.2, 0.25) is 0 Å². The molecule has 1 aliphatic carbocycles. The van der Waals surface area contributed by atoms with Crippen molar-refractivity contribution in [2.45, 2.75) is 39.2 Å². The molecule has 1 aromatic carbocycles. The summed E-state index contributed by atoms with van der Waals surface area (Å²) in [4.78, 5) is 26.4. The van der Waals surface area contributed by atoms with E-state index in [1.165, 1.54) is 10.4 Å². The number of rotatable bonds is 5. The van der Waals surface area contributed by atoms with Crippen LogP contribution in [0.25, 0.3) is 21.1 Å². The number of anilines is 2. The van der Waals surface area contributed by atoms with E-state index < -0.39 is 0 Å². The first kappa shape index (κ1) is 22.2. The molecule has 4 heterocycles. The molecular weight excluding hydrogens is 464 g/mol. The number of aromatic amines is 1. The Bertz CT molecular complexity index is 1390. The van der Waals surface area contributed by atoms with Crippen LogP contribution in [0, 0.1) is 5.92 Å². The van der Waals surface area contributed by atoms with Crippen molar-refractivity contribution in [3.63, 3.8) is 0 Å². The van der Waals surface area contributed by atoms with Crippen LogP contribution in [0.3, 0.4) is 0 Å². The van der Waals surface area contributed by atoms with Crippen molar-refractivity contribution >= 4 is 49.9 Å². The fraction of sp³-hybridized carbons (Fsp3) is 0.440. The first-order chi connectivity index (χ1) is 17.1. The molecule has 1 atom stereocenters. The van der Waals surface area contributed by atoms with Gasteiger partial charge in [-0.2, -0.15) is 5.10 Å². The summed E-state index contributed by atoms with van der Waals surface area (Å²) in [5.74, 6) is 1.78. The number of benzene rings is 1. The number of aromatic nitrogens is 4. The molecule has 35 heavy (non-hydrogen) atoms. The quantitative estimate of drug-likeness (QED) is 0.433. The molecule has 9 nitrogen and oxygen atoms in total. The highest BCUT2D eigenvalue weighted by Crippen LogP contribution is 2.42. The van der Waals surface area contributed by atoms with Crippen LogP contribution < -0.4 is 10.1 Å². The van der Waals surface area contributed by atoms with E-state index in [1.807, 2.05) is 30.9 Å². The van der Waals surface area contributed by atoms with Crippen molar-refractivity contribution in [3.8, 4) is 5.75 Å². The summed E-state index contributed by atoms with van der Waals surface area (Å²) in [5, 5.41) is 12.7. The number of nitrogens with zero attached hydrogens (tertiary/aromatic N) is 4. The minimum absolute atomic E-state index is 0.0209. The van der Waals surface area contributed by atoms with Gasteiger partial charge in [0, 0.05) is 35.3 Å². The second kappa shape index (κ2) is 9.09. The third kappa shape index (κ3) is 4.21. The predicted molar refractivity (Wildman–Crippen MR) is 135 cm³/mol. The first-order valence-electron chi connectivity index (χ1n) is 12.1. The molecule has 1 amide bonds. The van der Waals surface area contributed by atoms with E-state index in [2.05, 4.69) is 25.5 Å². The number of nitrogens with one attached hydrogen (secondary N) is 2. The van der Waals surface area contributed by atoms with Crippen LogP contribution in [0.5, 0.6) is 5.75 Å². The minimum Gasteiger partial charge on any atom is -0.489 e. The van der Waals surface area contributed by atoms with E-state index in [9.17, 15) is 4.79 Å². The van der Waals surface area contributed by atoms with Gasteiger partial charge in [0.1, 0.15) is 22.7 Å². The van der Waals surface area contributed by atoms with Gasteiger partial charge >= 0.3 is 0 Å². The molecule has 2 N–H and O–H groups in total. The molecule has 10 heteroatoms. The number of hydrogen-bond donors (Lipinski definition) is 2. The van der Waals surface area contributed by atoms with Crippen LogP contribution in [-0.4, -0.2) is 63.4 Å². The van der Waals surface area contributed by atoms with Gasteiger partial charge in [0.15, 0.2) is 0 Å². The van der Waals surface area contributed by atoms with Gasteiger partial charge in [0.25, 0.3) is 0 Å². The lowest BCUT2D eigenvalue weighted by Gasteiger charge is -2.31. The molecule has 4 aromatic rings. The lowest BCUT2D eigenvalue weighted by Crippen LogP contribution is -2.44. The third-order valence-corrected chi connectivity index (χ3v) is 7.84. The maximum Gasteiger partial charge on any atom is 0.226 e. The van der Waals surface area contributed by atoms with Crippen LogP contribution in [-0.2, 0) is 22.4 Å². The molecule has 1 fully saturated rings. The summed E-state index contributed by atoms with van der Waals surface area (Å²) >= 11 is 1.68. The largest absolute Gasteiger partial charge is 0.489 e. The highest BCUT2D eigenvalue weighted by atomic mass is 32.1. The summed E-state index contributed by atoms with van der Waals surface area (Å²) < 4.78 is 11.5. The zero-order valence-corrected chi connectivity index (χ0v) is 20.7. The fourth-order valence-electron chi connectivity index (χ4n) is 5.01. The van der Waals surface area contributed by atoms with E-state index in [0.717, 1.165) is 57.6 Å². The Balaban J connectivity index is 1.33. The molecule has 0 unspecified atom stereocenters. The molecule has 1 aliphatic heterocycles. The van der Waals surface area contributed by atoms with Crippen LogP contribution in [0.4, 0.5) is 11.5 Å². The number of thiophene rings is 1. The number of carbonyl (C=O) groups is 1. The molecule has 0 spiro atoms. The Morgan fingerprint density at radius 2 is 2.14 bits per heavy atom. The van der Waals surface area contributed by atoms with Gasteiger partial charge in [-0.15, -0.1) is 11.3 Å². The van der Waals surface area contributed by atoms with Gasteiger partial charge < -0.3 is 19.7 Å². The Labute approximate surface area is 206 Å². The van der Waals surface area contributed by atoms with Gasteiger partial charge in [-0.3, -0.25) is 9.89 Å². The SMILES string of the molecule is CC(C)Oc1cc2[nH]ncc2cc1Nc1ncnc2sc3c(c12)CC[C@H](C(=O)N1CCOCC1)C3. The molecule has 3 aromatic heterocycles. The van der Waals surface area contributed by atoms with Gasteiger partial charge in [-0.25, -0.2) is 9.97 Å². The molecule has 6 rings (SSSR count).